The van der Waals surface area contributed by atoms with Crippen LogP contribution in [0.15, 0.2) is 30.6 Å². The SMILES string of the molecule is O=C(NCCc1ncn[nH]1)[C@@H]1C[C@@H]1c1ccc(Cl)cc1. The molecular weight excluding hydrogens is 276 g/mol. The number of hydrogen-bond acceptors (Lipinski definition) is 3. The average molecular weight is 291 g/mol. The van der Waals surface area contributed by atoms with E-state index in [1.807, 2.05) is 24.3 Å². The van der Waals surface area contributed by atoms with Crippen molar-refractivity contribution in [2.75, 3.05) is 6.54 Å². The number of nitrogens with one attached hydrogen (secondary N) is 2. The topological polar surface area (TPSA) is 70.7 Å². The molecule has 5 nitrogen and oxygen atoms in total. The third kappa shape index (κ3) is 2.99. The van der Waals surface area contributed by atoms with Gasteiger partial charge >= 0.3 is 0 Å². The van der Waals surface area contributed by atoms with E-state index in [0.717, 1.165) is 17.3 Å². The maximum absolute atomic E-state index is 12.0. The van der Waals surface area contributed by atoms with E-state index in [-0.39, 0.29) is 11.8 Å². The molecule has 1 aliphatic carbocycles. The zero-order chi connectivity index (χ0) is 13.9. The molecule has 1 aliphatic rings. The van der Waals surface area contributed by atoms with Crippen molar-refractivity contribution in [3.63, 3.8) is 0 Å². The van der Waals surface area contributed by atoms with Crippen LogP contribution in [0.25, 0.3) is 0 Å². The smallest absolute Gasteiger partial charge is 0.223 e. The van der Waals surface area contributed by atoms with E-state index in [1.165, 1.54) is 11.9 Å². The van der Waals surface area contributed by atoms with Gasteiger partial charge in [0, 0.05) is 23.9 Å². The van der Waals surface area contributed by atoms with Crippen molar-refractivity contribution in [2.24, 2.45) is 5.92 Å². The lowest BCUT2D eigenvalue weighted by Gasteiger charge is -2.04. The number of rotatable bonds is 5. The zero-order valence-electron chi connectivity index (χ0n) is 10.8. The fraction of sp³-hybridized carbons (Fsp3) is 0.357. The standard InChI is InChI=1S/C14H15ClN4O/c15-10-3-1-9(2-4-10)11-7-12(11)14(20)16-6-5-13-17-8-18-19-13/h1-4,8,11-12H,5-7H2,(H,16,20)(H,17,18,19)/t11-,12-/m1/s1. The first kappa shape index (κ1) is 13.1. The van der Waals surface area contributed by atoms with Gasteiger partial charge in [0.25, 0.3) is 0 Å². The van der Waals surface area contributed by atoms with Gasteiger partial charge in [0.05, 0.1) is 0 Å². The van der Waals surface area contributed by atoms with Gasteiger partial charge in [0.2, 0.25) is 5.91 Å². The van der Waals surface area contributed by atoms with E-state index >= 15 is 0 Å². The Morgan fingerprint density at radius 1 is 1.40 bits per heavy atom. The highest BCUT2D eigenvalue weighted by atomic mass is 35.5. The number of hydrogen-bond donors (Lipinski definition) is 2. The van der Waals surface area contributed by atoms with Crippen LogP contribution < -0.4 is 5.32 Å². The molecule has 1 fully saturated rings. The second-order valence-corrected chi connectivity index (χ2v) is 5.41. The summed E-state index contributed by atoms with van der Waals surface area (Å²) in [6.07, 6.45) is 3.05. The number of halogens is 1. The minimum atomic E-state index is 0.0888. The van der Waals surface area contributed by atoms with Crippen LogP contribution in [-0.4, -0.2) is 27.6 Å². The molecule has 1 aromatic carbocycles. The van der Waals surface area contributed by atoms with Crippen molar-refractivity contribution in [3.8, 4) is 0 Å². The molecule has 0 radical (unpaired) electrons. The lowest BCUT2D eigenvalue weighted by molar-refractivity contribution is -0.122. The first-order valence-electron chi connectivity index (χ1n) is 6.61. The van der Waals surface area contributed by atoms with Crippen LogP contribution >= 0.6 is 11.6 Å². The molecular formula is C14H15ClN4O. The summed E-state index contributed by atoms with van der Waals surface area (Å²) >= 11 is 5.86. The summed E-state index contributed by atoms with van der Waals surface area (Å²) in [4.78, 5) is 16.0. The number of aromatic amines is 1. The molecule has 1 amide bonds. The molecule has 20 heavy (non-hydrogen) atoms. The van der Waals surface area contributed by atoms with Crippen LogP contribution in [0.4, 0.5) is 0 Å². The molecule has 0 spiro atoms. The maximum Gasteiger partial charge on any atom is 0.223 e. The molecule has 0 unspecified atom stereocenters. The summed E-state index contributed by atoms with van der Waals surface area (Å²) < 4.78 is 0. The van der Waals surface area contributed by atoms with Gasteiger partial charge in [-0.15, -0.1) is 0 Å². The lowest BCUT2D eigenvalue weighted by atomic mass is 10.1. The van der Waals surface area contributed by atoms with Gasteiger partial charge in [0.1, 0.15) is 12.2 Å². The van der Waals surface area contributed by atoms with Crippen molar-refractivity contribution in [1.29, 1.82) is 0 Å². The van der Waals surface area contributed by atoms with E-state index in [2.05, 4.69) is 20.5 Å². The molecule has 2 aromatic rings. The largest absolute Gasteiger partial charge is 0.355 e. The highest BCUT2D eigenvalue weighted by molar-refractivity contribution is 6.30. The second kappa shape index (κ2) is 5.63. The lowest BCUT2D eigenvalue weighted by Crippen LogP contribution is -2.27. The summed E-state index contributed by atoms with van der Waals surface area (Å²) in [7, 11) is 0. The third-order valence-corrected chi connectivity index (χ3v) is 3.80. The molecule has 0 saturated heterocycles. The Labute approximate surface area is 121 Å². The Hall–Kier alpha value is -1.88. The quantitative estimate of drug-likeness (QED) is 0.884. The first-order valence-corrected chi connectivity index (χ1v) is 6.99. The van der Waals surface area contributed by atoms with Gasteiger partial charge in [-0.25, -0.2) is 4.98 Å². The average Bonchev–Trinajstić information content (AvgIpc) is 3.08. The Bertz CT molecular complexity index is 582. The van der Waals surface area contributed by atoms with Crippen molar-refractivity contribution >= 4 is 17.5 Å². The Kier molecular flexibility index (Phi) is 3.69. The van der Waals surface area contributed by atoms with Crippen LogP contribution in [0.5, 0.6) is 0 Å². The van der Waals surface area contributed by atoms with E-state index in [1.54, 1.807) is 0 Å². The second-order valence-electron chi connectivity index (χ2n) is 4.97. The van der Waals surface area contributed by atoms with Gasteiger partial charge in [-0.05, 0) is 30.0 Å². The Morgan fingerprint density at radius 2 is 2.20 bits per heavy atom. The van der Waals surface area contributed by atoms with Crippen molar-refractivity contribution in [3.05, 3.63) is 47.0 Å². The molecule has 0 bridgehead atoms. The number of carbonyl (C=O) groups excluding carboxylic acids is 1. The van der Waals surface area contributed by atoms with Crippen LogP contribution in [0.3, 0.4) is 0 Å². The summed E-state index contributed by atoms with van der Waals surface area (Å²) in [6.45, 7) is 0.581. The number of amides is 1. The van der Waals surface area contributed by atoms with Gasteiger partial charge in [0.15, 0.2) is 0 Å². The number of aromatic nitrogens is 3. The number of nitrogens with zero attached hydrogens (tertiary/aromatic N) is 2. The molecule has 6 heteroatoms. The molecule has 2 N–H and O–H groups in total. The number of benzene rings is 1. The van der Waals surface area contributed by atoms with Crippen LogP contribution in [0.2, 0.25) is 5.02 Å². The van der Waals surface area contributed by atoms with Gasteiger partial charge in [-0.1, -0.05) is 23.7 Å². The van der Waals surface area contributed by atoms with Crippen molar-refractivity contribution < 1.29 is 4.79 Å². The monoisotopic (exact) mass is 290 g/mol. The van der Waals surface area contributed by atoms with Crippen molar-refractivity contribution in [1.82, 2.24) is 20.5 Å². The van der Waals surface area contributed by atoms with E-state index < -0.39 is 0 Å². The Balaban J connectivity index is 1.46. The maximum atomic E-state index is 12.0. The molecule has 2 atom stereocenters. The highest BCUT2D eigenvalue weighted by Gasteiger charge is 2.43. The zero-order valence-corrected chi connectivity index (χ0v) is 11.6. The summed E-state index contributed by atoms with van der Waals surface area (Å²) in [6, 6.07) is 7.73. The van der Waals surface area contributed by atoms with Crippen LogP contribution in [-0.2, 0) is 11.2 Å². The van der Waals surface area contributed by atoms with E-state index in [0.29, 0.717) is 18.9 Å². The van der Waals surface area contributed by atoms with Crippen LogP contribution in [0, 0.1) is 5.92 Å². The number of carbonyl (C=O) groups is 1. The third-order valence-electron chi connectivity index (χ3n) is 3.55. The van der Waals surface area contributed by atoms with E-state index in [9.17, 15) is 4.79 Å². The first-order chi connectivity index (χ1) is 9.74. The summed E-state index contributed by atoms with van der Waals surface area (Å²) in [5.74, 6) is 1.32. The van der Waals surface area contributed by atoms with Crippen LogP contribution in [0.1, 0.15) is 23.7 Å². The van der Waals surface area contributed by atoms with Gasteiger partial charge < -0.3 is 5.32 Å². The van der Waals surface area contributed by atoms with Gasteiger partial charge in [-0.3, -0.25) is 9.89 Å². The Morgan fingerprint density at radius 3 is 2.90 bits per heavy atom. The fourth-order valence-corrected chi connectivity index (χ4v) is 2.48. The summed E-state index contributed by atoms with van der Waals surface area (Å²) in [5, 5.41) is 10.2. The highest BCUT2D eigenvalue weighted by Crippen LogP contribution is 2.47. The number of H-pyrrole nitrogens is 1. The molecule has 104 valence electrons. The molecule has 1 aromatic heterocycles. The molecule has 1 heterocycles. The molecule has 3 rings (SSSR count). The molecule has 0 aliphatic heterocycles. The minimum absolute atomic E-state index is 0.0888. The van der Waals surface area contributed by atoms with Crippen molar-refractivity contribution in [2.45, 2.75) is 18.8 Å². The van der Waals surface area contributed by atoms with Gasteiger partial charge in [-0.2, -0.15) is 5.10 Å². The predicted octanol–water partition coefficient (Wildman–Crippen LogP) is 1.92. The molecule has 1 saturated carbocycles. The minimum Gasteiger partial charge on any atom is -0.355 e. The summed E-state index contributed by atoms with van der Waals surface area (Å²) in [5.41, 5.74) is 1.18. The van der Waals surface area contributed by atoms with E-state index in [4.69, 9.17) is 11.6 Å². The normalized spacial score (nSPS) is 20.6. The fourth-order valence-electron chi connectivity index (χ4n) is 2.35. The predicted molar refractivity (Wildman–Crippen MR) is 75.4 cm³/mol.